The van der Waals surface area contributed by atoms with E-state index in [1.165, 1.54) is 0 Å². The number of hydrogen-bond donors (Lipinski definition) is 2. The maximum atomic E-state index is 13.4. The van der Waals surface area contributed by atoms with Gasteiger partial charge in [-0.3, -0.25) is 4.79 Å². The fourth-order valence-corrected chi connectivity index (χ4v) is 3.38. The van der Waals surface area contributed by atoms with Gasteiger partial charge < -0.3 is 15.5 Å². The third-order valence-electron chi connectivity index (χ3n) is 5.03. The molecule has 0 unspecified atom stereocenters. The number of benzene rings is 1. The lowest BCUT2D eigenvalue weighted by molar-refractivity contribution is -0.140. The minimum atomic E-state index is -4.85. The maximum absolute atomic E-state index is 13.4. The van der Waals surface area contributed by atoms with E-state index in [0.717, 1.165) is 24.7 Å². The van der Waals surface area contributed by atoms with Crippen molar-refractivity contribution in [3.05, 3.63) is 47.4 Å². The lowest BCUT2D eigenvalue weighted by Crippen LogP contribution is -2.40. The molecule has 0 atom stereocenters. The van der Waals surface area contributed by atoms with E-state index in [1.807, 2.05) is 19.0 Å². The number of halogens is 4. The van der Waals surface area contributed by atoms with E-state index in [-0.39, 0.29) is 17.6 Å². The summed E-state index contributed by atoms with van der Waals surface area (Å²) in [5.74, 6) is -0.726. The summed E-state index contributed by atoms with van der Waals surface area (Å²) in [6.45, 7) is 0. The Hall–Kier alpha value is -2.91. The molecule has 2 N–H and O–H groups in total. The molecule has 1 fully saturated rings. The van der Waals surface area contributed by atoms with E-state index in [0.29, 0.717) is 30.9 Å². The van der Waals surface area contributed by atoms with Crippen LogP contribution in [0.25, 0.3) is 0 Å². The quantitative estimate of drug-likeness (QED) is 0.712. The van der Waals surface area contributed by atoms with E-state index in [1.54, 1.807) is 12.3 Å². The molecule has 1 amide bonds. The van der Waals surface area contributed by atoms with Crippen molar-refractivity contribution in [2.45, 2.75) is 43.9 Å². The first-order chi connectivity index (χ1) is 14.1. The SMILES string of the molecule is CN(C)c1ccnc(NC2CCC(NC(=O)c3ccc(F)c(C(F)(F)F)c3)CC2)n1. The van der Waals surface area contributed by atoms with Gasteiger partial charge in [0.2, 0.25) is 5.95 Å². The van der Waals surface area contributed by atoms with Gasteiger partial charge in [-0.05, 0) is 49.9 Å². The Labute approximate surface area is 171 Å². The summed E-state index contributed by atoms with van der Waals surface area (Å²) >= 11 is 0. The average molecular weight is 425 g/mol. The Morgan fingerprint density at radius 3 is 2.40 bits per heavy atom. The molecule has 0 saturated heterocycles. The van der Waals surface area contributed by atoms with Crippen LogP contribution in [0.2, 0.25) is 0 Å². The Morgan fingerprint density at radius 2 is 1.77 bits per heavy atom. The summed E-state index contributed by atoms with van der Waals surface area (Å²) in [6.07, 6.45) is -0.367. The first-order valence-corrected chi connectivity index (χ1v) is 9.58. The summed E-state index contributed by atoms with van der Waals surface area (Å²) in [7, 11) is 3.78. The third-order valence-corrected chi connectivity index (χ3v) is 5.03. The number of anilines is 2. The molecule has 30 heavy (non-hydrogen) atoms. The predicted octanol–water partition coefficient (Wildman–Crippen LogP) is 3.85. The number of nitrogens with zero attached hydrogens (tertiary/aromatic N) is 3. The highest BCUT2D eigenvalue weighted by molar-refractivity contribution is 5.94. The lowest BCUT2D eigenvalue weighted by Gasteiger charge is -2.30. The number of carbonyl (C=O) groups is 1. The molecule has 1 aromatic heterocycles. The van der Waals surface area contributed by atoms with Crippen molar-refractivity contribution in [2.24, 2.45) is 0 Å². The molecule has 1 aromatic carbocycles. The highest BCUT2D eigenvalue weighted by atomic mass is 19.4. The monoisotopic (exact) mass is 425 g/mol. The van der Waals surface area contributed by atoms with Crippen LogP contribution in [0, 0.1) is 5.82 Å². The molecule has 0 spiro atoms. The van der Waals surface area contributed by atoms with Crippen molar-refractivity contribution in [3.8, 4) is 0 Å². The lowest BCUT2D eigenvalue weighted by atomic mass is 9.91. The minimum absolute atomic E-state index is 0.137. The van der Waals surface area contributed by atoms with Crippen LogP contribution in [-0.2, 0) is 6.18 Å². The topological polar surface area (TPSA) is 70.2 Å². The van der Waals surface area contributed by atoms with E-state index in [2.05, 4.69) is 20.6 Å². The molecular formula is C20H23F4N5O. The smallest absolute Gasteiger partial charge is 0.363 e. The average Bonchev–Trinajstić information content (AvgIpc) is 2.69. The first kappa shape index (κ1) is 21.8. The van der Waals surface area contributed by atoms with Gasteiger partial charge in [-0.2, -0.15) is 18.2 Å². The normalized spacial score (nSPS) is 19.3. The van der Waals surface area contributed by atoms with Crippen molar-refractivity contribution >= 4 is 17.7 Å². The molecule has 1 aliphatic rings. The predicted molar refractivity (Wildman–Crippen MR) is 105 cm³/mol. The second-order valence-electron chi connectivity index (χ2n) is 7.49. The Balaban J connectivity index is 1.55. The van der Waals surface area contributed by atoms with Crippen LogP contribution in [0.1, 0.15) is 41.6 Å². The van der Waals surface area contributed by atoms with Gasteiger partial charge in [0, 0.05) is 37.9 Å². The molecule has 1 heterocycles. The molecule has 1 aliphatic carbocycles. The standard InChI is InChI=1S/C20H23F4N5O/c1-29(2)17-9-10-25-19(28-17)27-14-6-4-13(5-7-14)26-18(30)12-3-8-16(21)15(11-12)20(22,23)24/h3,8-11,13-14H,4-7H2,1-2H3,(H,26,30)(H,25,27,28). The molecule has 0 bridgehead atoms. The van der Waals surface area contributed by atoms with Gasteiger partial charge in [0.05, 0.1) is 5.56 Å². The second kappa shape index (κ2) is 8.85. The van der Waals surface area contributed by atoms with Gasteiger partial charge in [0.15, 0.2) is 0 Å². The number of amides is 1. The van der Waals surface area contributed by atoms with Gasteiger partial charge in [0.25, 0.3) is 5.91 Å². The van der Waals surface area contributed by atoms with Crippen LogP contribution in [-0.4, -0.2) is 42.1 Å². The Bertz CT molecular complexity index is 895. The molecule has 2 aromatic rings. The van der Waals surface area contributed by atoms with E-state index in [9.17, 15) is 22.4 Å². The minimum Gasteiger partial charge on any atom is -0.363 e. The number of hydrogen-bond acceptors (Lipinski definition) is 5. The van der Waals surface area contributed by atoms with Crippen molar-refractivity contribution in [1.82, 2.24) is 15.3 Å². The summed E-state index contributed by atoms with van der Waals surface area (Å²) in [6, 6.07) is 4.05. The maximum Gasteiger partial charge on any atom is 0.419 e. The fraction of sp³-hybridized carbons (Fsp3) is 0.450. The summed E-state index contributed by atoms with van der Waals surface area (Å²) in [4.78, 5) is 22.8. The first-order valence-electron chi connectivity index (χ1n) is 9.58. The van der Waals surface area contributed by atoms with Crippen LogP contribution in [0.3, 0.4) is 0 Å². The molecule has 162 valence electrons. The summed E-state index contributed by atoms with van der Waals surface area (Å²) in [5.41, 5.74) is -1.65. The second-order valence-corrected chi connectivity index (χ2v) is 7.49. The van der Waals surface area contributed by atoms with E-state index in [4.69, 9.17) is 0 Å². The van der Waals surface area contributed by atoms with Crippen molar-refractivity contribution in [2.75, 3.05) is 24.3 Å². The van der Waals surface area contributed by atoms with Gasteiger partial charge in [-0.15, -0.1) is 0 Å². The number of alkyl halides is 3. The number of rotatable bonds is 5. The van der Waals surface area contributed by atoms with E-state index < -0.39 is 23.5 Å². The Morgan fingerprint density at radius 1 is 1.10 bits per heavy atom. The van der Waals surface area contributed by atoms with Crippen molar-refractivity contribution < 1.29 is 22.4 Å². The summed E-state index contributed by atoms with van der Waals surface area (Å²) in [5, 5.41) is 6.03. The molecule has 3 rings (SSSR count). The third kappa shape index (κ3) is 5.37. The van der Waals surface area contributed by atoms with Crippen LogP contribution in [0.15, 0.2) is 30.5 Å². The number of nitrogens with one attached hydrogen (secondary N) is 2. The largest absolute Gasteiger partial charge is 0.419 e. The van der Waals surface area contributed by atoms with Gasteiger partial charge >= 0.3 is 6.18 Å². The van der Waals surface area contributed by atoms with Gasteiger partial charge in [0.1, 0.15) is 11.6 Å². The molecule has 0 radical (unpaired) electrons. The fourth-order valence-electron chi connectivity index (χ4n) is 3.38. The van der Waals surface area contributed by atoms with Gasteiger partial charge in [-0.25, -0.2) is 9.37 Å². The molecule has 6 nitrogen and oxygen atoms in total. The van der Waals surface area contributed by atoms with E-state index >= 15 is 0 Å². The molecular weight excluding hydrogens is 402 g/mol. The number of carbonyl (C=O) groups excluding carboxylic acids is 1. The zero-order chi connectivity index (χ0) is 21.9. The zero-order valence-corrected chi connectivity index (χ0v) is 16.6. The highest BCUT2D eigenvalue weighted by Crippen LogP contribution is 2.32. The van der Waals surface area contributed by atoms with Crippen LogP contribution in [0.4, 0.5) is 29.3 Å². The van der Waals surface area contributed by atoms with Crippen LogP contribution < -0.4 is 15.5 Å². The molecule has 0 aliphatic heterocycles. The van der Waals surface area contributed by atoms with Crippen LogP contribution >= 0.6 is 0 Å². The Kier molecular flexibility index (Phi) is 6.42. The highest BCUT2D eigenvalue weighted by Gasteiger charge is 2.35. The van der Waals surface area contributed by atoms with Crippen molar-refractivity contribution in [1.29, 1.82) is 0 Å². The molecule has 1 saturated carbocycles. The zero-order valence-electron chi connectivity index (χ0n) is 16.6. The summed E-state index contributed by atoms with van der Waals surface area (Å²) < 4.78 is 52.0. The molecule has 10 heteroatoms. The van der Waals surface area contributed by atoms with Crippen molar-refractivity contribution in [3.63, 3.8) is 0 Å². The van der Waals surface area contributed by atoms with Gasteiger partial charge in [-0.1, -0.05) is 0 Å². The number of aromatic nitrogens is 2. The van der Waals surface area contributed by atoms with Crippen LogP contribution in [0.5, 0.6) is 0 Å².